The van der Waals surface area contributed by atoms with Crippen molar-refractivity contribution in [1.29, 1.82) is 0 Å². The molecular weight excluding hydrogens is 188 g/mol. The minimum Gasteiger partial charge on any atom is -0.362 e. The summed E-state index contributed by atoms with van der Waals surface area (Å²) in [6.07, 6.45) is 5.90. The van der Waals surface area contributed by atoms with E-state index in [1.807, 2.05) is 43.7 Å². The molecule has 0 atom stereocenters. The lowest BCUT2D eigenvalue weighted by Gasteiger charge is -1.96. The summed E-state index contributed by atoms with van der Waals surface area (Å²) in [5, 5.41) is 0. The van der Waals surface area contributed by atoms with Gasteiger partial charge in [-0.05, 0) is 4.98 Å². The second-order valence-electron chi connectivity index (χ2n) is 3.44. The number of hydrogen-bond donors (Lipinski definition) is 1. The van der Waals surface area contributed by atoms with Crippen LogP contribution in [-0.4, -0.2) is 4.98 Å². The van der Waals surface area contributed by atoms with Gasteiger partial charge >= 0.3 is 0 Å². The molecule has 0 fully saturated rings. The molecule has 2 aromatic rings. The maximum Gasteiger partial charge on any atom is 0.295 e. The first-order chi connectivity index (χ1) is 7.25. The second-order valence-corrected chi connectivity index (χ2v) is 3.44. The lowest BCUT2D eigenvalue weighted by Crippen LogP contribution is -2.34. The number of rotatable bonds is 2. The zero-order valence-corrected chi connectivity index (χ0v) is 8.64. The van der Waals surface area contributed by atoms with Crippen molar-refractivity contribution in [1.82, 2.24) is 4.98 Å². The topological polar surface area (TPSA) is 56.9 Å². The number of H-pyrrole nitrogens is 1. The minimum atomic E-state index is 0.586. The third kappa shape index (κ3) is 2.28. The molecule has 0 radical (unpaired) electrons. The van der Waals surface area contributed by atoms with Crippen LogP contribution in [0.3, 0.4) is 0 Å². The van der Waals surface area contributed by atoms with E-state index >= 15 is 0 Å². The number of aryl methyl sites for hydroxylation is 1. The normalized spacial score (nSPS) is 10.2. The number of anilines is 1. The number of nitrogens with zero attached hydrogens (tertiary/aromatic N) is 2. The predicted octanol–water partition coefficient (Wildman–Crippen LogP) is 0.122. The first-order valence-electron chi connectivity index (χ1n) is 4.83. The van der Waals surface area contributed by atoms with Gasteiger partial charge in [-0.25, -0.2) is 9.55 Å². The molecule has 4 heteroatoms. The van der Waals surface area contributed by atoms with Crippen molar-refractivity contribution >= 4 is 5.82 Å². The van der Waals surface area contributed by atoms with E-state index in [-0.39, 0.29) is 0 Å². The zero-order valence-electron chi connectivity index (χ0n) is 8.64. The van der Waals surface area contributed by atoms with Crippen LogP contribution in [0.15, 0.2) is 36.8 Å². The van der Waals surface area contributed by atoms with Crippen molar-refractivity contribution in [2.45, 2.75) is 13.5 Å². The van der Waals surface area contributed by atoms with E-state index < -0.39 is 0 Å². The average molecular weight is 202 g/mol. The quantitative estimate of drug-likeness (QED) is 0.703. The van der Waals surface area contributed by atoms with Gasteiger partial charge in [-0.2, -0.15) is 0 Å². The SMILES string of the molecule is Cc1nc(N)c(C[n+]2ccccc2)c[nH+]1. The fourth-order valence-corrected chi connectivity index (χ4v) is 1.41. The Kier molecular flexibility index (Phi) is 2.58. The number of nitrogens with one attached hydrogen (secondary N) is 1. The highest BCUT2D eigenvalue weighted by atomic mass is 15.0. The Bertz CT molecular complexity index is 453. The molecule has 0 amide bonds. The highest BCUT2D eigenvalue weighted by Crippen LogP contribution is 2.03. The summed E-state index contributed by atoms with van der Waals surface area (Å²) in [5.74, 6) is 1.41. The van der Waals surface area contributed by atoms with Gasteiger partial charge in [0.15, 0.2) is 18.9 Å². The summed E-state index contributed by atoms with van der Waals surface area (Å²) >= 11 is 0. The molecule has 0 saturated heterocycles. The Morgan fingerprint density at radius 2 is 2.07 bits per heavy atom. The highest BCUT2D eigenvalue weighted by Gasteiger charge is 2.12. The van der Waals surface area contributed by atoms with Crippen LogP contribution in [0.1, 0.15) is 11.4 Å². The van der Waals surface area contributed by atoms with Gasteiger partial charge in [0, 0.05) is 19.1 Å². The Morgan fingerprint density at radius 1 is 1.33 bits per heavy atom. The van der Waals surface area contributed by atoms with E-state index in [0.29, 0.717) is 5.82 Å². The molecule has 2 aromatic heterocycles. The summed E-state index contributed by atoms with van der Waals surface area (Å²) < 4.78 is 2.05. The van der Waals surface area contributed by atoms with Crippen LogP contribution in [0.2, 0.25) is 0 Å². The van der Waals surface area contributed by atoms with Crippen LogP contribution in [0.25, 0.3) is 0 Å². The van der Waals surface area contributed by atoms with Gasteiger partial charge in [0.25, 0.3) is 11.6 Å². The lowest BCUT2D eigenvalue weighted by atomic mass is 10.3. The summed E-state index contributed by atoms with van der Waals surface area (Å²) in [7, 11) is 0. The summed E-state index contributed by atoms with van der Waals surface area (Å²) in [6.45, 7) is 2.62. The van der Waals surface area contributed by atoms with E-state index in [0.717, 1.165) is 17.9 Å². The number of nitrogens with two attached hydrogens (primary N) is 1. The Balaban J connectivity index is 2.25. The molecule has 0 aromatic carbocycles. The molecule has 15 heavy (non-hydrogen) atoms. The molecule has 76 valence electrons. The van der Waals surface area contributed by atoms with Crippen molar-refractivity contribution in [3.8, 4) is 0 Å². The molecule has 2 rings (SSSR count). The largest absolute Gasteiger partial charge is 0.362 e. The number of nitrogen functional groups attached to an aromatic ring is 1. The average Bonchev–Trinajstić information content (AvgIpc) is 2.24. The van der Waals surface area contributed by atoms with Gasteiger partial charge in [-0.15, -0.1) is 0 Å². The molecule has 2 heterocycles. The van der Waals surface area contributed by atoms with Crippen LogP contribution >= 0.6 is 0 Å². The van der Waals surface area contributed by atoms with Gasteiger partial charge in [-0.3, -0.25) is 0 Å². The van der Waals surface area contributed by atoms with E-state index in [2.05, 4.69) is 14.5 Å². The van der Waals surface area contributed by atoms with Crippen LogP contribution in [0.5, 0.6) is 0 Å². The van der Waals surface area contributed by atoms with Gasteiger partial charge in [0.05, 0.1) is 0 Å². The van der Waals surface area contributed by atoms with Gasteiger partial charge in [-0.1, -0.05) is 6.07 Å². The number of aromatic amines is 1. The van der Waals surface area contributed by atoms with Gasteiger partial charge in [0.1, 0.15) is 11.8 Å². The first kappa shape index (κ1) is 9.58. The molecule has 0 saturated carbocycles. The number of aromatic nitrogens is 3. The zero-order chi connectivity index (χ0) is 10.7. The molecule has 3 N–H and O–H groups in total. The third-order valence-electron chi connectivity index (χ3n) is 2.20. The summed E-state index contributed by atoms with van der Waals surface area (Å²) in [5.41, 5.74) is 6.82. The summed E-state index contributed by atoms with van der Waals surface area (Å²) in [6, 6.07) is 5.96. The van der Waals surface area contributed by atoms with Crippen LogP contribution in [0.4, 0.5) is 5.82 Å². The standard InChI is InChI=1S/C11H13N4/c1-9-13-7-10(11(12)14-9)8-15-5-3-2-4-6-15/h2-7H,8H2,1H3,(H2,12,13,14)/q+1/p+1. The van der Waals surface area contributed by atoms with Crippen molar-refractivity contribution in [2.75, 3.05) is 5.73 Å². The minimum absolute atomic E-state index is 0.586. The third-order valence-corrected chi connectivity index (χ3v) is 2.20. The number of hydrogen-bond acceptors (Lipinski definition) is 2. The maximum atomic E-state index is 5.82. The first-order valence-corrected chi connectivity index (χ1v) is 4.83. The van der Waals surface area contributed by atoms with E-state index in [1.165, 1.54) is 0 Å². The van der Waals surface area contributed by atoms with Gasteiger partial charge in [0.2, 0.25) is 0 Å². The van der Waals surface area contributed by atoms with E-state index in [9.17, 15) is 0 Å². The second kappa shape index (κ2) is 4.04. The van der Waals surface area contributed by atoms with Crippen molar-refractivity contribution in [3.63, 3.8) is 0 Å². The molecule has 0 aliphatic carbocycles. The predicted molar refractivity (Wildman–Crippen MR) is 55.7 cm³/mol. The van der Waals surface area contributed by atoms with Crippen LogP contribution in [0, 0.1) is 6.92 Å². The van der Waals surface area contributed by atoms with E-state index in [1.54, 1.807) is 0 Å². The number of pyridine rings is 1. The molecule has 0 aliphatic heterocycles. The van der Waals surface area contributed by atoms with E-state index in [4.69, 9.17) is 5.73 Å². The smallest absolute Gasteiger partial charge is 0.295 e. The van der Waals surface area contributed by atoms with Crippen LogP contribution < -0.4 is 15.3 Å². The Hall–Kier alpha value is -1.97. The molecule has 0 aliphatic rings. The molecule has 0 spiro atoms. The molecule has 0 unspecified atom stereocenters. The highest BCUT2D eigenvalue weighted by molar-refractivity contribution is 5.35. The molecule has 0 bridgehead atoms. The van der Waals surface area contributed by atoms with Gasteiger partial charge < -0.3 is 5.73 Å². The Morgan fingerprint density at radius 3 is 2.73 bits per heavy atom. The van der Waals surface area contributed by atoms with Crippen LogP contribution in [-0.2, 0) is 6.54 Å². The van der Waals surface area contributed by atoms with Crippen molar-refractivity contribution < 1.29 is 9.55 Å². The molecule has 4 nitrogen and oxygen atoms in total. The maximum absolute atomic E-state index is 5.82. The monoisotopic (exact) mass is 202 g/mol. The molecular formula is C11H14N4+2. The lowest BCUT2D eigenvalue weighted by molar-refractivity contribution is -0.688. The fourth-order valence-electron chi connectivity index (χ4n) is 1.41. The van der Waals surface area contributed by atoms with Crippen molar-refractivity contribution in [3.05, 3.63) is 48.2 Å². The van der Waals surface area contributed by atoms with Crippen molar-refractivity contribution in [2.24, 2.45) is 0 Å². The Labute approximate surface area is 88.4 Å². The fraction of sp³-hybridized carbons (Fsp3) is 0.182. The summed E-state index contributed by atoms with van der Waals surface area (Å²) in [4.78, 5) is 7.24.